The summed E-state index contributed by atoms with van der Waals surface area (Å²) in [7, 11) is 3.40. The molecular weight excluding hydrogens is 242 g/mol. The molecule has 0 atom stereocenters. The molecule has 0 spiro atoms. The van der Waals surface area contributed by atoms with Crippen LogP contribution in [0.25, 0.3) is 0 Å². The molecule has 2 N–H and O–H groups in total. The molecule has 5 heteroatoms. The van der Waals surface area contributed by atoms with Gasteiger partial charge in [0.15, 0.2) is 0 Å². The van der Waals surface area contributed by atoms with Crippen LogP contribution in [0.2, 0.25) is 0 Å². The zero-order valence-corrected chi connectivity index (χ0v) is 11.5. The Morgan fingerprint density at radius 2 is 2.11 bits per heavy atom. The minimum absolute atomic E-state index is 0.331. The molecule has 1 saturated carbocycles. The van der Waals surface area contributed by atoms with Crippen LogP contribution in [0.15, 0.2) is 18.3 Å². The lowest BCUT2D eigenvalue weighted by Crippen LogP contribution is -2.39. The lowest BCUT2D eigenvalue weighted by atomic mass is 9.91. The summed E-state index contributed by atoms with van der Waals surface area (Å²) in [6, 6.07) is 4.22. The number of methoxy groups -OCH3 is 1. The van der Waals surface area contributed by atoms with Crippen molar-refractivity contribution < 1.29 is 9.53 Å². The molecule has 19 heavy (non-hydrogen) atoms. The van der Waals surface area contributed by atoms with E-state index >= 15 is 0 Å². The van der Waals surface area contributed by atoms with Crippen LogP contribution in [0.1, 0.15) is 36.0 Å². The third-order valence-electron chi connectivity index (χ3n) is 3.82. The molecule has 5 nitrogen and oxygen atoms in total. The molecule has 0 amide bonds. The molecule has 0 unspecified atom stereocenters. The largest absolute Gasteiger partial charge is 0.465 e. The highest BCUT2D eigenvalue weighted by atomic mass is 16.5. The van der Waals surface area contributed by atoms with E-state index in [2.05, 4.69) is 9.88 Å². The monoisotopic (exact) mass is 263 g/mol. The molecule has 0 saturated heterocycles. The van der Waals surface area contributed by atoms with E-state index in [1.54, 1.807) is 18.3 Å². The van der Waals surface area contributed by atoms with Crippen LogP contribution in [-0.4, -0.2) is 37.2 Å². The predicted octanol–water partition coefficient (Wildman–Crippen LogP) is 1.57. The fraction of sp³-hybridized carbons (Fsp3) is 0.571. The molecule has 104 valence electrons. The molecule has 1 heterocycles. The Balaban J connectivity index is 2.10. The molecule has 2 rings (SSSR count). The van der Waals surface area contributed by atoms with Gasteiger partial charge in [-0.2, -0.15) is 0 Å². The highest BCUT2D eigenvalue weighted by Gasteiger charge is 2.23. The standard InChI is InChI=1S/C14H21N3O2/c1-17(12-5-3-11(15)4-6-12)13-9-10(7-8-16-13)14(18)19-2/h7-9,11-12H,3-6,15H2,1-2H3. The molecule has 0 aliphatic heterocycles. The Morgan fingerprint density at radius 1 is 1.42 bits per heavy atom. The number of rotatable bonds is 3. The summed E-state index contributed by atoms with van der Waals surface area (Å²) >= 11 is 0. The van der Waals surface area contributed by atoms with Crippen LogP contribution in [0.4, 0.5) is 5.82 Å². The number of hydrogen-bond acceptors (Lipinski definition) is 5. The van der Waals surface area contributed by atoms with Gasteiger partial charge >= 0.3 is 5.97 Å². The van der Waals surface area contributed by atoms with Crippen molar-refractivity contribution in [3.05, 3.63) is 23.9 Å². The summed E-state index contributed by atoms with van der Waals surface area (Å²) in [6.07, 6.45) is 5.88. The van der Waals surface area contributed by atoms with Gasteiger partial charge in [-0.3, -0.25) is 0 Å². The summed E-state index contributed by atoms with van der Waals surface area (Å²) in [5.41, 5.74) is 6.46. The van der Waals surface area contributed by atoms with Gasteiger partial charge in [0, 0.05) is 25.3 Å². The summed E-state index contributed by atoms with van der Waals surface area (Å²) in [5.74, 6) is 0.478. The number of carbonyl (C=O) groups excluding carboxylic acids is 1. The molecule has 0 radical (unpaired) electrons. The summed E-state index contributed by atoms with van der Waals surface area (Å²) in [4.78, 5) is 18.0. The third kappa shape index (κ3) is 3.23. The van der Waals surface area contributed by atoms with Crippen molar-refractivity contribution in [2.75, 3.05) is 19.1 Å². The minimum Gasteiger partial charge on any atom is -0.465 e. The number of carbonyl (C=O) groups is 1. The van der Waals surface area contributed by atoms with Gasteiger partial charge in [0.1, 0.15) is 5.82 Å². The van der Waals surface area contributed by atoms with Crippen molar-refractivity contribution in [1.82, 2.24) is 4.98 Å². The highest BCUT2D eigenvalue weighted by molar-refractivity contribution is 5.90. The fourth-order valence-corrected chi connectivity index (χ4v) is 2.53. The van der Waals surface area contributed by atoms with Crippen LogP contribution in [-0.2, 0) is 4.74 Å². The number of nitrogens with two attached hydrogens (primary N) is 1. The molecule has 0 bridgehead atoms. The average molecular weight is 263 g/mol. The van der Waals surface area contributed by atoms with E-state index in [0.29, 0.717) is 17.6 Å². The van der Waals surface area contributed by atoms with E-state index < -0.39 is 0 Å². The normalized spacial score (nSPS) is 22.9. The quantitative estimate of drug-likeness (QED) is 0.838. The average Bonchev–Trinajstić information content (AvgIpc) is 2.46. The third-order valence-corrected chi connectivity index (χ3v) is 3.82. The van der Waals surface area contributed by atoms with Crippen molar-refractivity contribution in [3.8, 4) is 0 Å². The first-order valence-electron chi connectivity index (χ1n) is 6.64. The van der Waals surface area contributed by atoms with Crippen molar-refractivity contribution in [3.63, 3.8) is 0 Å². The van der Waals surface area contributed by atoms with Crippen molar-refractivity contribution in [2.45, 2.75) is 37.8 Å². The number of ether oxygens (including phenoxy) is 1. The predicted molar refractivity (Wildman–Crippen MR) is 74.2 cm³/mol. The number of hydrogen-bond donors (Lipinski definition) is 1. The van der Waals surface area contributed by atoms with E-state index in [1.165, 1.54) is 7.11 Å². The smallest absolute Gasteiger partial charge is 0.338 e. The molecular formula is C14H21N3O2. The van der Waals surface area contributed by atoms with Crippen LogP contribution in [0.3, 0.4) is 0 Å². The second-order valence-electron chi connectivity index (χ2n) is 5.07. The Bertz CT molecular complexity index is 442. The first kappa shape index (κ1) is 13.8. The van der Waals surface area contributed by atoms with Crippen LogP contribution >= 0.6 is 0 Å². The van der Waals surface area contributed by atoms with Crippen molar-refractivity contribution in [2.24, 2.45) is 5.73 Å². The van der Waals surface area contributed by atoms with Gasteiger partial charge in [-0.15, -0.1) is 0 Å². The number of esters is 1. The second-order valence-corrected chi connectivity index (χ2v) is 5.07. The van der Waals surface area contributed by atoms with Gasteiger partial charge < -0.3 is 15.4 Å². The lowest BCUT2D eigenvalue weighted by molar-refractivity contribution is 0.0600. The minimum atomic E-state index is -0.331. The Hall–Kier alpha value is -1.62. The van der Waals surface area contributed by atoms with Crippen LogP contribution in [0, 0.1) is 0 Å². The number of nitrogens with zero attached hydrogens (tertiary/aromatic N) is 2. The van der Waals surface area contributed by atoms with Crippen LogP contribution in [0.5, 0.6) is 0 Å². The van der Waals surface area contributed by atoms with E-state index in [1.807, 2.05) is 7.05 Å². The zero-order chi connectivity index (χ0) is 13.8. The maximum absolute atomic E-state index is 11.5. The lowest BCUT2D eigenvalue weighted by Gasteiger charge is -2.34. The van der Waals surface area contributed by atoms with Crippen molar-refractivity contribution >= 4 is 11.8 Å². The number of aromatic nitrogens is 1. The van der Waals surface area contributed by atoms with E-state index in [-0.39, 0.29) is 5.97 Å². The van der Waals surface area contributed by atoms with Gasteiger partial charge in [-0.1, -0.05) is 0 Å². The molecule has 1 aromatic heterocycles. The maximum Gasteiger partial charge on any atom is 0.338 e. The summed E-state index contributed by atoms with van der Waals surface area (Å²) in [5, 5.41) is 0. The Kier molecular flexibility index (Phi) is 4.37. The molecule has 1 fully saturated rings. The second kappa shape index (κ2) is 6.02. The Labute approximate surface area is 113 Å². The highest BCUT2D eigenvalue weighted by Crippen LogP contribution is 2.25. The van der Waals surface area contributed by atoms with E-state index in [4.69, 9.17) is 10.5 Å². The van der Waals surface area contributed by atoms with Crippen LogP contribution < -0.4 is 10.6 Å². The number of pyridine rings is 1. The molecule has 1 aromatic rings. The molecule has 1 aliphatic rings. The number of anilines is 1. The first-order valence-corrected chi connectivity index (χ1v) is 6.64. The fourth-order valence-electron chi connectivity index (χ4n) is 2.53. The summed E-state index contributed by atoms with van der Waals surface area (Å²) in [6.45, 7) is 0. The first-order chi connectivity index (χ1) is 9.11. The maximum atomic E-state index is 11.5. The topological polar surface area (TPSA) is 68.5 Å². The van der Waals surface area contributed by atoms with Crippen molar-refractivity contribution in [1.29, 1.82) is 0 Å². The summed E-state index contributed by atoms with van der Waals surface area (Å²) < 4.78 is 4.73. The van der Waals surface area contributed by atoms with Gasteiger partial charge in [0.05, 0.1) is 12.7 Å². The molecule has 1 aliphatic carbocycles. The van der Waals surface area contributed by atoms with Gasteiger partial charge in [-0.05, 0) is 37.8 Å². The zero-order valence-electron chi connectivity index (χ0n) is 11.5. The van der Waals surface area contributed by atoms with Gasteiger partial charge in [0.25, 0.3) is 0 Å². The van der Waals surface area contributed by atoms with E-state index in [9.17, 15) is 4.79 Å². The van der Waals surface area contributed by atoms with Gasteiger partial charge in [-0.25, -0.2) is 9.78 Å². The van der Waals surface area contributed by atoms with E-state index in [0.717, 1.165) is 31.5 Å². The van der Waals surface area contributed by atoms with Gasteiger partial charge in [0.2, 0.25) is 0 Å². The SMILES string of the molecule is COC(=O)c1ccnc(N(C)C2CCC(N)CC2)c1. The Morgan fingerprint density at radius 3 is 2.74 bits per heavy atom. The molecule has 0 aromatic carbocycles.